The van der Waals surface area contributed by atoms with Gasteiger partial charge in [0.25, 0.3) is 0 Å². The van der Waals surface area contributed by atoms with Gasteiger partial charge < -0.3 is 40.4 Å². The summed E-state index contributed by atoms with van der Waals surface area (Å²) in [4.78, 5) is 64.8. The number of ketones is 4. The monoisotopic (exact) mass is 2610 g/mol. The standard InChI is InChI=1S/4C20H20N.4C11H20O2.4Ir/c1-12-6-8-17-14(3)11-21-20(19(17)10-12)18-9-7-13(2)15(4)16(18)5;1-12-6-7-17-15(4)11-21-20(19(17)9-12)18-10-13(2)8-14(3)16(18)5;1-12-6-7-18-15(4)11-21-20(19(18)8-12)17-9-13(2)16(5)14(3)10-17;1-12-6-7-17-16(5)11-21-20(19(17)8-12)18-10-14(3)13(2)9-15(18)4;4*1-10(2,3)8(12)7-9(13)11(4,5)6;;;;/h6-8,10-11H,1-5H3;3*6-9,11H,1-5H3;4*7,12H,1-6H3;;;;/q4*-1;;;;;;;;. The molecule has 0 amide bonds. The van der Waals surface area contributed by atoms with Gasteiger partial charge in [-0.3, -0.25) is 19.2 Å². The van der Waals surface area contributed by atoms with Crippen LogP contribution >= 0.6 is 0 Å². The Bertz CT molecular complexity index is 6220. The number of allylic oxidation sites excluding steroid dienone is 8. The molecule has 4 heterocycles. The Kier molecular flexibility index (Phi) is 48.2. The van der Waals surface area contributed by atoms with E-state index >= 15 is 0 Å². The van der Waals surface area contributed by atoms with Gasteiger partial charge in [-0.05, 0) is 144 Å². The minimum atomic E-state index is -0.417. The number of aliphatic hydroxyl groups is 4. The van der Waals surface area contributed by atoms with Gasteiger partial charge in [-0.25, -0.2) is 0 Å². The first-order chi connectivity index (χ1) is 62.1. The predicted molar refractivity (Wildman–Crippen MR) is 577 cm³/mol. The van der Waals surface area contributed by atoms with Gasteiger partial charge in [-0.2, -0.15) is 0 Å². The Morgan fingerprint density at radius 2 is 0.529 bits per heavy atom. The quantitative estimate of drug-likeness (QED) is 0.0638. The summed E-state index contributed by atoms with van der Waals surface area (Å²) in [5, 5.41) is 48.2. The maximum atomic E-state index is 11.5. The summed E-state index contributed by atoms with van der Waals surface area (Å²) >= 11 is 0. The van der Waals surface area contributed by atoms with Crippen LogP contribution in [0.15, 0.2) is 169 Å². The molecule has 0 fully saturated rings. The number of hydrogen-bond donors (Lipinski definition) is 4. The Labute approximate surface area is 896 Å². The van der Waals surface area contributed by atoms with Crippen molar-refractivity contribution in [3.05, 3.63) is 305 Å². The van der Waals surface area contributed by atoms with Crippen molar-refractivity contribution < 1.29 is 120 Å². The molecule has 0 aliphatic rings. The van der Waals surface area contributed by atoms with Gasteiger partial charge >= 0.3 is 0 Å². The molecular formula is C124H160Ir4N4O8-4. The summed E-state index contributed by atoms with van der Waals surface area (Å²) < 4.78 is 0. The largest absolute Gasteiger partial charge is 0.512 e. The molecule has 12 rings (SSSR count). The predicted octanol–water partition coefficient (Wildman–Crippen LogP) is 33.3. The number of aliphatic hydroxyl groups excluding tert-OH is 4. The summed E-state index contributed by atoms with van der Waals surface area (Å²) in [7, 11) is 0. The third-order valence-electron chi connectivity index (χ3n) is 24.3. The molecule has 764 valence electrons. The first kappa shape index (κ1) is 129. The molecule has 12 nitrogen and oxygen atoms in total. The number of fused-ring (bicyclic) bond motifs is 4. The molecule has 4 aromatic heterocycles. The van der Waals surface area contributed by atoms with E-state index < -0.39 is 21.7 Å². The molecule has 0 unspecified atom stereocenters. The smallest absolute Gasteiger partial charge is 0.164 e. The number of nitrogens with zero attached hydrogens (tertiary/aromatic N) is 4. The molecule has 0 atom stereocenters. The number of hydrogen-bond acceptors (Lipinski definition) is 12. The summed E-state index contributed by atoms with van der Waals surface area (Å²) in [6, 6.07) is 49.0. The van der Waals surface area contributed by atoms with Crippen LogP contribution in [0.2, 0.25) is 0 Å². The Morgan fingerprint density at radius 1 is 0.250 bits per heavy atom. The van der Waals surface area contributed by atoms with Crippen LogP contribution in [0.25, 0.3) is 88.1 Å². The van der Waals surface area contributed by atoms with Crippen LogP contribution in [0.3, 0.4) is 0 Å². The molecule has 0 spiro atoms. The minimum absolute atomic E-state index is 0. The molecule has 0 aliphatic carbocycles. The van der Waals surface area contributed by atoms with Gasteiger partial charge in [-0.1, -0.05) is 344 Å². The molecule has 8 aromatic carbocycles. The fraction of sp³-hybridized carbons (Fsp3) is 0.419. The maximum Gasteiger partial charge on any atom is 0.164 e. The summed E-state index contributed by atoms with van der Waals surface area (Å²) in [5.74, 6) is 0.416. The van der Waals surface area contributed by atoms with Crippen molar-refractivity contribution in [3.8, 4) is 45.0 Å². The molecule has 0 bridgehead atoms. The van der Waals surface area contributed by atoms with Gasteiger partial charge in [0.05, 0.1) is 0 Å². The van der Waals surface area contributed by atoms with Crippen molar-refractivity contribution in [1.82, 2.24) is 19.9 Å². The zero-order valence-corrected chi connectivity index (χ0v) is 102. The fourth-order valence-corrected chi connectivity index (χ4v) is 13.6. The van der Waals surface area contributed by atoms with Crippen LogP contribution in [0.1, 0.15) is 277 Å². The normalized spacial score (nSPS) is 12.0. The van der Waals surface area contributed by atoms with Crippen molar-refractivity contribution in [2.75, 3.05) is 0 Å². The SMILES string of the molecule is CC(C)(C)C(=O)C=C(O)C(C)(C)C.CC(C)(C)C(=O)C=C(O)C(C)(C)C.CC(C)(C)C(=O)C=C(O)C(C)(C)C.CC(C)(C)C(=O)C=C(O)C(C)(C)C.Cc1[c-]c(-c2ncc(C)c3ccc(C)cc23)c(C)c(C)c1.Cc1ccc2c(C)cnc(-c3[c-]c(C)c(C)c(C)c3)c2c1.Cc1ccc2c(C)cnc(-c3[c-]c(C)c(C)cc3C)c2c1.Cc1ccc2c(C)cnc(-c3[c-]cc(C)c(C)c3C)c2c1.[Ir].[Ir].[Ir].[Ir]. The molecule has 0 saturated carbocycles. The number of carbonyl (C=O) groups is 4. The van der Waals surface area contributed by atoms with E-state index in [1.807, 2.05) is 191 Å². The van der Waals surface area contributed by atoms with Crippen molar-refractivity contribution in [1.29, 1.82) is 0 Å². The number of pyridine rings is 4. The van der Waals surface area contributed by atoms with Crippen LogP contribution in [-0.2, 0) is 99.6 Å². The zero-order chi connectivity index (χ0) is 104. The first-order valence-electron chi connectivity index (χ1n) is 47.4. The van der Waals surface area contributed by atoms with Gasteiger partial charge in [0.2, 0.25) is 0 Å². The second-order valence-corrected chi connectivity index (χ2v) is 45.4. The average Bonchev–Trinajstić information content (AvgIpc) is 0.781. The second kappa shape index (κ2) is 52.4. The molecular weight excluding hydrogens is 2440 g/mol. The third kappa shape index (κ3) is 36.6. The van der Waals surface area contributed by atoms with Crippen LogP contribution in [0.5, 0.6) is 0 Å². The van der Waals surface area contributed by atoms with Gasteiger partial charge in [0.15, 0.2) is 23.1 Å². The Hall–Kier alpha value is -9.16. The van der Waals surface area contributed by atoms with E-state index in [1.165, 1.54) is 173 Å². The van der Waals surface area contributed by atoms with E-state index in [1.54, 1.807) is 0 Å². The average molecular weight is 2600 g/mol. The molecule has 140 heavy (non-hydrogen) atoms. The van der Waals surface area contributed by atoms with E-state index in [-0.39, 0.29) is 148 Å². The van der Waals surface area contributed by atoms with Crippen LogP contribution < -0.4 is 0 Å². The summed E-state index contributed by atoms with van der Waals surface area (Å²) in [6.45, 7) is 87.1. The van der Waals surface area contributed by atoms with E-state index in [2.05, 4.69) is 260 Å². The Balaban J connectivity index is 0.000000806. The van der Waals surface area contributed by atoms with E-state index in [0.717, 1.165) is 50.6 Å². The molecule has 12 aromatic rings. The first-order valence-corrected chi connectivity index (χ1v) is 47.4. The summed E-state index contributed by atoms with van der Waals surface area (Å²) in [5.41, 5.74) is 30.6. The van der Waals surface area contributed by atoms with E-state index in [9.17, 15) is 39.6 Å². The fourth-order valence-electron chi connectivity index (χ4n) is 13.6. The number of benzene rings is 8. The zero-order valence-electron chi connectivity index (χ0n) is 92.4. The third-order valence-corrected chi connectivity index (χ3v) is 24.3. The van der Waals surface area contributed by atoms with E-state index in [4.69, 9.17) is 19.9 Å². The summed E-state index contributed by atoms with van der Waals surface area (Å²) in [6.07, 6.45) is 13.2. The molecule has 4 N–H and O–H groups in total. The molecule has 16 heteroatoms. The second-order valence-electron chi connectivity index (χ2n) is 45.4. The van der Waals surface area contributed by atoms with Gasteiger partial charge in [-0.15, -0.1) is 138 Å². The van der Waals surface area contributed by atoms with Crippen LogP contribution in [0, 0.1) is 206 Å². The number of aryl methyl sites for hydroxylation is 16. The van der Waals surface area contributed by atoms with Crippen molar-refractivity contribution in [2.24, 2.45) is 43.3 Å². The van der Waals surface area contributed by atoms with Crippen molar-refractivity contribution >= 4 is 66.2 Å². The number of carbonyl (C=O) groups excluding carboxylic acids is 4. The van der Waals surface area contributed by atoms with Gasteiger partial charge in [0, 0.05) is 173 Å². The van der Waals surface area contributed by atoms with Crippen molar-refractivity contribution in [2.45, 2.75) is 305 Å². The number of rotatable bonds is 8. The molecule has 4 radical (unpaired) electrons. The van der Waals surface area contributed by atoms with Crippen LogP contribution in [0.4, 0.5) is 0 Å². The van der Waals surface area contributed by atoms with Gasteiger partial charge in [0.1, 0.15) is 23.0 Å². The topological polar surface area (TPSA) is 201 Å². The van der Waals surface area contributed by atoms with Crippen molar-refractivity contribution in [3.63, 3.8) is 0 Å². The van der Waals surface area contributed by atoms with Crippen LogP contribution in [-0.4, -0.2) is 63.5 Å². The number of aromatic nitrogens is 4. The van der Waals surface area contributed by atoms with E-state index in [0.29, 0.717) is 0 Å². The Morgan fingerprint density at radius 3 is 0.821 bits per heavy atom. The maximum absolute atomic E-state index is 11.5. The molecule has 0 saturated heterocycles. The minimum Gasteiger partial charge on any atom is -0.512 e. The molecule has 0 aliphatic heterocycles.